The summed E-state index contributed by atoms with van der Waals surface area (Å²) in [5, 5.41) is 3.30. The third-order valence-electron chi connectivity index (χ3n) is 2.36. The van der Waals surface area contributed by atoms with Crippen molar-refractivity contribution in [3.05, 3.63) is 12.7 Å². The van der Waals surface area contributed by atoms with Gasteiger partial charge in [-0.2, -0.15) is 0 Å². The summed E-state index contributed by atoms with van der Waals surface area (Å²) in [6.45, 7) is 13.2. The minimum absolute atomic E-state index is 0.159. The van der Waals surface area contributed by atoms with Gasteiger partial charge in [-0.25, -0.2) is 0 Å². The van der Waals surface area contributed by atoms with E-state index in [-0.39, 0.29) is 11.5 Å². The third-order valence-corrected chi connectivity index (χ3v) is 2.36. The number of nitrogens with one attached hydrogen (secondary N) is 1. The zero-order valence-corrected chi connectivity index (χ0v) is 10.3. The van der Waals surface area contributed by atoms with Crippen LogP contribution in [0.4, 0.5) is 0 Å². The average Bonchev–Trinajstić information content (AvgIpc) is 2.09. The summed E-state index contributed by atoms with van der Waals surface area (Å²) in [5.41, 5.74) is 0.159. The lowest BCUT2D eigenvalue weighted by Crippen LogP contribution is -2.46. The van der Waals surface area contributed by atoms with E-state index >= 15 is 0 Å². The Morgan fingerprint density at radius 1 is 1.43 bits per heavy atom. The van der Waals surface area contributed by atoms with Crippen LogP contribution < -0.4 is 5.32 Å². The molecule has 0 aliphatic rings. The molecule has 0 bridgehead atoms. The molecule has 0 saturated heterocycles. The zero-order chi connectivity index (χ0) is 11.2. The molecule has 0 aliphatic heterocycles. The Morgan fingerprint density at radius 2 is 2.00 bits per heavy atom. The molecule has 0 heterocycles. The molecule has 2 heteroatoms. The first-order valence-corrected chi connectivity index (χ1v) is 5.37. The van der Waals surface area contributed by atoms with E-state index in [1.807, 2.05) is 20.0 Å². The highest BCUT2D eigenvalue weighted by Crippen LogP contribution is 2.26. The van der Waals surface area contributed by atoms with E-state index in [2.05, 4.69) is 32.7 Å². The molecule has 0 amide bonds. The molecule has 1 N–H and O–H groups in total. The van der Waals surface area contributed by atoms with Crippen LogP contribution in [0.2, 0.25) is 0 Å². The van der Waals surface area contributed by atoms with Crippen LogP contribution in [-0.2, 0) is 4.74 Å². The number of hydrogen-bond donors (Lipinski definition) is 1. The molecule has 0 rings (SSSR count). The quantitative estimate of drug-likeness (QED) is 0.664. The smallest absolute Gasteiger partial charge is 0.0778 e. The predicted molar refractivity (Wildman–Crippen MR) is 62.5 cm³/mol. The molecule has 0 saturated carbocycles. The zero-order valence-electron chi connectivity index (χ0n) is 10.3. The van der Waals surface area contributed by atoms with Gasteiger partial charge in [-0.1, -0.05) is 26.8 Å². The minimum atomic E-state index is 0.159. The molecule has 0 aromatic rings. The highest BCUT2D eigenvalue weighted by Gasteiger charge is 2.31. The lowest BCUT2D eigenvalue weighted by Gasteiger charge is -2.36. The van der Waals surface area contributed by atoms with Gasteiger partial charge in [-0.3, -0.25) is 0 Å². The van der Waals surface area contributed by atoms with Gasteiger partial charge >= 0.3 is 0 Å². The molecule has 0 fully saturated rings. The lowest BCUT2D eigenvalue weighted by atomic mass is 9.83. The second-order valence-electron chi connectivity index (χ2n) is 4.66. The third kappa shape index (κ3) is 4.25. The second kappa shape index (κ2) is 6.20. The van der Waals surface area contributed by atoms with Gasteiger partial charge in [-0.05, 0) is 25.8 Å². The second-order valence-corrected chi connectivity index (χ2v) is 4.66. The highest BCUT2D eigenvalue weighted by atomic mass is 16.5. The number of likely N-dealkylation sites (N-methyl/N-ethyl adjacent to an activating group) is 1. The van der Waals surface area contributed by atoms with E-state index in [4.69, 9.17) is 4.74 Å². The number of hydrogen-bond acceptors (Lipinski definition) is 2. The van der Waals surface area contributed by atoms with Crippen molar-refractivity contribution in [3.8, 4) is 0 Å². The maximum atomic E-state index is 5.80. The van der Waals surface area contributed by atoms with Crippen LogP contribution in [0.1, 0.15) is 34.1 Å². The van der Waals surface area contributed by atoms with Gasteiger partial charge in [0.1, 0.15) is 0 Å². The standard InChI is InChI=1S/C12H25NO/c1-7-9-10(13-6)11(14-8-2)12(3,4)5/h7,10-11,13H,1,8-9H2,2-6H3. The molecule has 0 aliphatic carbocycles. The van der Waals surface area contributed by atoms with Crippen molar-refractivity contribution in [2.75, 3.05) is 13.7 Å². The maximum Gasteiger partial charge on any atom is 0.0778 e. The van der Waals surface area contributed by atoms with E-state index in [9.17, 15) is 0 Å². The van der Waals surface area contributed by atoms with Crippen molar-refractivity contribution in [3.63, 3.8) is 0 Å². The Bertz CT molecular complexity index is 160. The van der Waals surface area contributed by atoms with Crippen LogP contribution >= 0.6 is 0 Å². The molecule has 0 radical (unpaired) electrons. The molecule has 2 atom stereocenters. The summed E-state index contributed by atoms with van der Waals surface area (Å²) >= 11 is 0. The fraction of sp³-hybridized carbons (Fsp3) is 0.833. The molecule has 2 nitrogen and oxygen atoms in total. The van der Waals surface area contributed by atoms with E-state index in [0.29, 0.717) is 6.04 Å². The van der Waals surface area contributed by atoms with E-state index < -0.39 is 0 Å². The minimum Gasteiger partial charge on any atom is -0.376 e. The molecular weight excluding hydrogens is 174 g/mol. The normalized spacial score (nSPS) is 16.4. The van der Waals surface area contributed by atoms with Gasteiger partial charge < -0.3 is 10.1 Å². The van der Waals surface area contributed by atoms with E-state index in [1.165, 1.54) is 0 Å². The molecule has 2 unspecified atom stereocenters. The molecule has 0 spiro atoms. The van der Waals surface area contributed by atoms with Crippen molar-refractivity contribution >= 4 is 0 Å². The van der Waals surface area contributed by atoms with Gasteiger partial charge in [0.15, 0.2) is 0 Å². The Morgan fingerprint density at radius 3 is 2.29 bits per heavy atom. The summed E-state index contributed by atoms with van der Waals surface area (Å²) in [7, 11) is 1.98. The van der Waals surface area contributed by atoms with Gasteiger partial charge in [0.05, 0.1) is 6.10 Å². The molecular formula is C12H25NO. The summed E-state index contributed by atoms with van der Waals surface area (Å²) in [6.07, 6.45) is 3.12. The topological polar surface area (TPSA) is 21.3 Å². The van der Waals surface area contributed by atoms with Gasteiger partial charge in [0.2, 0.25) is 0 Å². The Balaban J connectivity index is 4.50. The predicted octanol–water partition coefficient (Wildman–Crippen LogP) is 2.60. The van der Waals surface area contributed by atoms with Gasteiger partial charge in [0, 0.05) is 12.6 Å². The molecule has 14 heavy (non-hydrogen) atoms. The first-order valence-electron chi connectivity index (χ1n) is 5.37. The average molecular weight is 199 g/mol. The SMILES string of the molecule is C=CCC(NC)C(OCC)C(C)(C)C. The van der Waals surface area contributed by atoms with Crippen molar-refractivity contribution in [2.24, 2.45) is 5.41 Å². The summed E-state index contributed by atoms with van der Waals surface area (Å²) < 4.78 is 5.80. The van der Waals surface area contributed by atoms with Gasteiger partial charge in [0.25, 0.3) is 0 Å². The summed E-state index contributed by atoms with van der Waals surface area (Å²) in [5.74, 6) is 0. The Hall–Kier alpha value is -0.340. The fourth-order valence-electron chi connectivity index (χ4n) is 1.72. The molecule has 0 aromatic heterocycles. The van der Waals surface area contributed by atoms with Crippen LogP contribution in [0.25, 0.3) is 0 Å². The summed E-state index contributed by atoms with van der Waals surface area (Å²) in [6, 6.07) is 0.354. The van der Waals surface area contributed by atoms with Crippen LogP contribution in [0.15, 0.2) is 12.7 Å². The maximum absolute atomic E-state index is 5.80. The highest BCUT2D eigenvalue weighted by molar-refractivity contribution is 4.89. The van der Waals surface area contributed by atoms with Crippen molar-refractivity contribution in [1.82, 2.24) is 5.32 Å². The lowest BCUT2D eigenvalue weighted by molar-refractivity contribution is -0.0335. The van der Waals surface area contributed by atoms with Crippen LogP contribution in [0, 0.1) is 5.41 Å². The Kier molecular flexibility index (Phi) is 6.05. The molecule has 84 valence electrons. The van der Waals surface area contributed by atoms with Crippen LogP contribution in [0.3, 0.4) is 0 Å². The largest absolute Gasteiger partial charge is 0.376 e. The van der Waals surface area contributed by atoms with Crippen molar-refractivity contribution in [2.45, 2.75) is 46.3 Å². The summed E-state index contributed by atoms with van der Waals surface area (Å²) in [4.78, 5) is 0. The van der Waals surface area contributed by atoms with Crippen LogP contribution in [-0.4, -0.2) is 25.8 Å². The van der Waals surface area contributed by atoms with Crippen molar-refractivity contribution < 1.29 is 4.74 Å². The number of rotatable bonds is 6. The monoisotopic (exact) mass is 199 g/mol. The Labute approximate surface area is 88.7 Å². The number of ether oxygens (including phenoxy) is 1. The van der Waals surface area contributed by atoms with E-state index in [1.54, 1.807) is 0 Å². The fourth-order valence-corrected chi connectivity index (χ4v) is 1.72. The molecule has 0 aromatic carbocycles. The first-order chi connectivity index (χ1) is 6.47. The van der Waals surface area contributed by atoms with Gasteiger partial charge in [-0.15, -0.1) is 6.58 Å². The van der Waals surface area contributed by atoms with Crippen LogP contribution in [0.5, 0.6) is 0 Å². The first kappa shape index (κ1) is 13.7. The van der Waals surface area contributed by atoms with Crippen molar-refractivity contribution in [1.29, 1.82) is 0 Å². The van der Waals surface area contributed by atoms with E-state index in [0.717, 1.165) is 13.0 Å².